The summed E-state index contributed by atoms with van der Waals surface area (Å²) in [5.74, 6) is 1.26. The molecule has 3 rings (SSSR count). The highest BCUT2D eigenvalue weighted by Gasteiger charge is 2.51. The normalized spacial score (nSPS) is 41.2. The van der Waals surface area contributed by atoms with Gasteiger partial charge >= 0.3 is 0 Å². The van der Waals surface area contributed by atoms with Gasteiger partial charge in [0.2, 0.25) is 0 Å². The molecule has 1 aromatic heterocycles. The first kappa shape index (κ1) is 8.48. The molecule has 2 bridgehead atoms. The summed E-state index contributed by atoms with van der Waals surface area (Å²) in [7, 11) is 2.00. The highest BCUT2D eigenvalue weighted by atomic mass is 79.9. The van der Waals surface area contributed by atoms with E-state index >= 15 is 0 Å². The summed E-state index contributed by atoms with van der Waals surface area (Å²) in [6, 6.07) is 0. The van der Waals surface area contributed by atoms with Crippen molar-refractivity contribution < 1.29 is 0 Å². The zero-order valence-electron chi connectivity index (χ0n) is 7.24. The molecule has 0 radical (unpaired) electrons. The fraction of sp³-hybridized carbons (Fsp3) is 0.667. The maximum atomic E-state index is 4.52. The molecule has 13 heavy (non-hydrogen) atoms. The van der Waals surface area contributed by atoms with Crippen molar-refractivity contribution in [2.75, 3.05) is 0 Å². The fourth-order valence-electron chi connectivity index (χ4n) is 2.67. The lowest BCUT2D eigenvalue weighted by Crippen LogP contribution is -2.09. The number of aryl methyl sites for hydroxylation is 1. The first-order chi connectivity index (χ1) is 6.18. The number of nitrogens with zero attached hydrogens (tertiary/aromatic N) is 2. The van der Waals surface area contributed by atoms with Crippen LogP contribution in [-0.4, -0.2) is 19.4 Å². The molecule has 0 amide bonds. The highest BCUT2D eigenvalue weighted by Crippen LogP contribution is 2.58. The smallest absolute Gasteiger partial charge is 0.0702 e. The topological polar surface area (TPSA) is 17.8 Å². The molecule has 1 aromatic rings. The van der Waals surface area contributed by atoms with Crippen molar-refractivity contribution in [1.29, 1.82) is 0 Å². The Kier molecular flexibility index (Phi) is 1.69. The van der Waals surface area contributed by atoms with Crippen molar-refractivity contribution >= 4 is 31.9 Å². The van der Waals surface area contributed by atoms with Crippen molar-refractivity contribution in [3.63, 3.8) is 0 Å². The minimum Gasteiger partial charge on any atom is -0.275 e. The van der Waals surface area contributed by atoms with E-state index in [9.17, 15) is 0 Å². The summed E-state index contributed by atoms with van der Waals surface area (Å²) in [5.41, 5.74) is 2.77. The van der Waals surface area contributed by atoms with Crippen molar-refractivity contribution in [3.8, 4) is 0 Å². The van der Waals surface area contributed by atoms with E-state index in [-0.39, 0.29) is 0 Å². The van der Waals surface area contributed by atoms with E-state index < -0.39 is 0 Å². The average Bonchev–Trinajstić information content (AvgIpc) is 2.60. The summed E-state index contributed by atoms with van der Waals surface area (Å²) in [6.07, 6.45) is 3.40. The molecule has 0 N–H and O–H groups in total. The van der Waals surface area contributed by atoms with Crippen LogP contribution in [0.4, 0.5) is 0 Å². The zero-order chi connectivity index (χ0) is 9.16. The second-order valence-corrected chi connectivity index (χ2v) is 6.21. The summed E-state index contributed by atoms with van der Waals surface area (Å²) in [4.78, 5) is 1.24. The maximum Gasteiger partial charge on any atom is 0.0702 e. The Hall–Kier alpha value is 0.170. The van der Waals surface area contributed by atoms with Crippen molar-refractivity contribution in [3.05, 3.63) is 17.5 Å². The molecule has 0 aromatic carbocycles. The molecular formula is C9H10Br2N2. The predicted molar refractivity (Wildman–Crippen MR) is 58.7 cm³/mol. The number of halogens is 2. The van der Waals surface area contributed by atoms with Gasteiger partial charge in [-0.1, -0.05) is 31.9 Å². The van der Waals surface area contributed by atoms with E-state index in [1.54, 1.807) is 0 Å². The van der Waals surface area contributed by atoms with Crippen LogP contribution in [0.15, 0.2) is 6.20 Å². The van der Waals surface area contributed by atoms with Gasteiger partial charge in [0.15, 0.2) is 0 Å². The van der Waals surface area contributed by atoms with Gasteiger partial charge in [0, 0.05) is 34.7 Å². The second kappa shape index (κ2) is 2.60. The van der Waals surface area contributed by atoms with Crippen LogP contribution in [0.2, 0.25) is 0 Å². The highest BCUT2D eigenvalue weighted by molar-refractivity contribution is 9.10. The number of rotatable bonds is 0. The quantitative estimate of drug-likeness (QED) is 0.674. The van der Waals surface area contributed by atoms with Gasteiger partial charge in [-0.15, -0.1) is 0 Å². The first-order valence-electron chi connectivity index (χ1n) is 4.50. The summed E-state index contributed by atoms with van der Waals surface area (Å²) >= 11 is 7.52. The van der Waals surface area contributed by atoms with Gasteiger partial charge < -0.3 is 0 Å². The number of hydrogen-bond acceptors (Lipinski definition) is 1. The van der Waals surface area contributed by atoms with Crippen LogP contribution in [-0.2, 0) is 7.05 Å². The van der Waals surface area contributed by atoms with Crippen LogP contribution >= 0.6 is 31.9 Å². The molecule has 4 atom stereocenters. The maximum absolute atomic E-state index is 4.52. The van der Waals surface area contributed by atoms with Gasteiger partial charge in [-0.2, -0.15) is 5.10 Å². The monoisotopic (exact) mass is 304 g/mol. The molecule has 0 aliphatic heterocycles. The second-order valence-electron chi connectivity index (χ2n) is 3.97. The third kappa shape index (κ3) is 0.962. The van der Waals surface area contributed by atoms with Crippen molar-refractivity contribution in [2.24, 2.45) is 7.05 Å². The summed E-state index contributed by atoms with van der Waals surface area (Å²) in [5, 5.41) is 4.52. The van der Waals surface area contributed by atoms with Gasteiger partial charge in [0.1, 0.15) is 0 Å². The van der Waals surface area contributed by atoms with Crippen LogP contribution in [0, 0.1) is 0 Å². The zero-order valence-corrected chi connectivity index (χ0v) is 10.4. The standard InChI is InChI=1S/C9H10Br2N2/c1-13-3-5-7-6(10)2-4(8(7)11)9(5)12-13/h3-4,6-8H,2H2,1H3/t4-,6-,7+,8+/m1/s1. The number of fused-ring (bicyclic) bond motifs is 5. The molecule has 0 saturated heterocycles. The van der Waals surface area contributed by atoms with Gasteiger partial charge in [0.25, 0.3) is 0 Å². The molecule has 2 aliphatic carbocycles. The fourth-order valence-corrected chi connectivity index (χ4v) is 5.21. The van der Waals surface area contributed by atoms with Crippen LogP contribution < -0.4 is 0 Å². The molecule has 0 spiro atoms. The third-order valence-electron chi connectivity index (χ3n) is 3.19. The van der Waals surface area contributed by atoms with Crippen LogP contribution in [0.3, 0.4) is 0 Å². The summed E-state index contributed by atoms with van der Waals surface area (Å²) in [6.45, 7) is 0. The average molecular weight is 306 g/mol. The van der Waals surface area contributed by atoms with Crippen molar-refractivity contribution in [2.45, 2.75) is 27.9 Å². The Bertz CT molecular complexity index is 360. The number of hydrogen-bond donors (Lipinski definition) is 0. The van der Waals surface area contributed by atoms with Gasteiger partial charge in [-0.05, 0) is 12.0 Å². The van der Waals surface area contributed by atoms with E-state index in [0.717, 1.165) is 0 Å². The first-order valence-corrected chi connectivity index (χ1v) is 6.33. The largest absolute Gasteiger partial charge is 0.275 e. The Labute approximate surface area is 94.0 Å². The van der Waals surface area contributed by atoms with Gasteiger partial charge in [-0.3, -0.25) is 4.68 Å². The molecular weight excluding hydrogens is 296 g/mol. The summed E-state index contributed by atoms with van der Waals surface area (Å²) < 4.78 is 1.94. The predicted octanol–water partition coefficient (Wildman–Crippen LogP) is 2.53. The minimum atomic E-state index is 0.607. The Balaban J connectivity index is 2.16. The SMILES string of the molecule is Cn1cc2c(n1)[C@@H]1C[C@@H](Br)[C@H]2[C@H]1Br. The molecule has 70 valence electrons. The molecule has 4 heteroatoms. The van der Waals surface area contributed by atoms with E-state index in [0.29, 0.717) is 21.5 Å². The Morgan fingerprint density at radius 1 is 1.54 bits per heavy atom. The molecule has 2 nitrogen and oxygen atoms in total. The van der Waals surface area contributed by atoms with E-state index in [1.165, 1.54) is 17.7 Å². The molecule has 1 heterocycles. The number of alkyl halides is 2. The Morgan fingerprint density at radius 2 is 2.31 bits per heavy atom. The lowest BCUT2D eigenvalue weighted by Gasteiger charge is -2.14. The molecule has 0 unspecified atom stereocenters. The molecule has 1 fully saturated rings. The molecule has 2 aliphatic rings. The number of aromatic nitrogens is 2. The van der Waals surface area contributed by atoms with E-state index in [1.807, 2.05) is 11.7 Å². The van der Waals surface area contributed by atoms with Crippen LogP contribution in [0.1, 0.15) is 29.5 Å². The van der Waals surface area contributed by atoms with Gasteiger partial charge in [-0.25, -0.2) is 0 Å². The van der Waals surface area contributed by atoms with Crippen molar-refractivity contribution in [1.82, 2.24) is 9.78 Å². The van der Waals surface area contributed by atoms with Crippen LogP contribution in [0.5, 0.6) is 0 Å². The lowest BCUT2D eigenvalue weighted by atomic mass is 9.98. The lowest BCUT2D eigenvalue weighted by molar-refractivity contribution is 0.677. The Morgan fingerprint density at radius 3 is 3.08 bits per heavy atom. The van der Waals surface area contributed by atoms with E-state index in [2.05, 4.69) is 43.2 Å². The van der Waals surface area contributed by atoms with Gasteiger partial charge in [0.05, 0.1) is 5.69 Å². The van der Waals surface area contributed by atoms with E-state index in [4.69, 9.17) is 0 Å². The molecule has 1 saturated carbocycles. The third-order valence-corrected chi connectivity index (χ3v) is 5.34. The minimum absolute atomic E-state index is 0.607. The van der Waals surface area contributed by atoms with Crippen LogP contribution in [0.25, 0.3) is 0 Å².